The van der Waals surface area contributed by atoms with Crippen molar-refractivity contribution in [1.29, 1.82) is 0 Å². The Morgan fingerprint density at radius 3 is 2.90 bits per heavy atom. The number of anilines is 2. The van der Waals surface area contributed by atoms with E-state index < -0.39 is 0 Å². The zero-order valence-electron chi connectivity index (χ0n) is 11.6. The van der Waals surface area contributed by atoms with Crippen molar-refractivity contribution < 1.29 is 4.79 Å². The molecule has 0 aliphatic carbocycles. The Labute approximate surface area is 122 Å². The van der Waals surface area contributed by atoms with Crippen LogP contribution in [0.15, 0.2) is 24.3 Å². The SMILES string of the molecule is CNc1nc(N)c(C(=O)NCCc2cccc(C)c2)s1. The van der Waals surface area contributed by atoms with Gasteiger partial charge >= 0.3 is 0 Å². The number of nitrogen functional groups attached to an aromatic ring is 1. The van der Waals surface area contributed by atoms with Crippen molar-refractivity contribution in [2.75, 3.05) is 24.6 Å². The number of rotatable bonds is 5. The van der Waals surface area contributed by atoms with Crippen LogP contribution in [0.1, 0.15) is 20.8 Å². The summed E-state index contributed by atoms with van der Waals surface area (Å²) in [4.78, 5) is 16.5. The highest BCUT2D eigenvalue weighted by Crippen LogP contribution is 2.24. The van der Waals surface area contributed by atoms with Crippen LogP contribution in [0.4, 0.5) is 10.9 Å². The fourth-order valence-corrected chi connectivity index (χ4v) is 2.62. The smallest absolute Gasteiger partial charge is 0.265 e. The fraction of sp³-hybridized carbons (Fsp3) is 0.286. The van der Waals surface area contributed by atoms with Crippen LogP contribution in [0, 0.1) is 6.92 Å². The molecule has 0 fully saturated rings. The second kappa shape index (κ2) is 6.38. The monoisotopic (exact) mass is 290 g/mol. The van der Waals surface area contributed by atoms with Crippen LogP contribution in [-0.4, -0.2) is 24.5 Å². The summed E-state index contributed by atoms with van der Waals surface area (Å²) < 4.78 is 0. The number of aryl methyl sites for hydroxylation is 1. The molecule has 20 heavy (non-hydrogen) atoms. The minimum absolute atomic E-state index is 0.172. The summed E-state index contributed by atoms with van der Waals surface area (Å²) in [7, 11) is 1.75. The second-order valence-corrected chi connectivity index (χ2v) is 5.48. The van der Waals surface area contributed by atoms with E-state index in [2.05, 4.69) is 40.7 Å². The molecule has 5 nitrogen and oxygen atoms in total. The zero-order valence-corrected chi connectivity index (χ0v) is 12.4. The highest BCUT2D eigenvalue weighted by Gasteiger charge is 2.15. The van der Waals surface area contributed by atoms with Crippen molar-refractivity contribution in [2.24, 2.45) is 0 Å². The Morgan fingerprint density at radius 1 is 1.45 bits per heavy atom. The number of nitrogens with two attached hydrogens (primary N) is 1. The summed E-state index contributed by atoms with van der Waals surface area (Å²) in [5, 5.41) is 6.39. The van der Waals surface area contributed by atoms with Gasteiger partial charge in [0.25, 0.3) is 5.91 Å². The van der Waals surface area contributed by atoms with Gasteiger partial charge in [-0.15, -0.1) is 0 Å². The lowest BCUT2D eigenvalue weighted by Crippen LogP contribution is -2.25. The number of thiazole rings is 1. The highest BCUT2D eigenvalue weighted by atomic mass is 32.1. The summed E-state index contributed by atoms with van der Waals surface area (Å²) in [5.41, 5.74) is 8.15. The van der Waals surface area contributed by atoms with Crippen molar-refractivity contribution in [2.45, 2.75) is 13.3 Å². The number of carbonyl (C=O) groups excluding carboxylic acids is 1. The Hall–Kier alpha value is -2.08. The molecule has 106 valence electrons. The van der Waals surface area contributed by atoms with Gasteiger partial charge in [0.05, 0.1) is 0 Å². The van der Waals surface area contributed by atoms with Crippen LogP contribution in [0.25, 0.3) is 0 Å². The van der Waals surface area contributed by atoms with E-state index in [1.54, 1.807) is 7.05 Å². The Bertz CT molecular complexity index is 609. The molecule has 6 heteroatoms. The van der Waals surface area contributed by atoms with E-state index in [0.717, 1.165) is 6.42 Å². The molecule has 0 aliphatic rings. The first-order chi connectivity index (χ1) is 9.60. The van der Waals surface area contributed by atoms with Gasteiger partial charge in [-0.2, -0.15) is 0 Å². The molecule has 0 saturated carbocycles. The third-order valence-electron chi connectivity index (χ3n) is 2.86. The van der Waals surface area contributed by atoms with Crippen LogP contribution >= 0.6 is 11.3 Å². The van der Waals surface area contributed by atoms with Gasteiger partial charge in [0.1, 0.15) is 10.7 Å². The molecule has 0 saturated heterocycles. The Morgan fingerprint density at radius 2 is 2.25 bits per heavy atom. The van der Waals surface area contributed by atoms with E-state index in [-0.39, 0.29) is 11.7 Å². The Kier molecular flexibility index (Phi) is 4.57. The quantitative estimate of drug-likeness (QED) is 0.787. The van der Waals surface area contributed by atoms with E-state index in [4.69, 9.17) is 5.73 Å². The molecule has 1 aromatic heterocycles. The van der Waals surface area contributed by atoms with Gasteiger partial charge in [-0.3, -0.25) is 4.79 Å². The van der Waals surface area contributed by atoms with Crippen LogP contribution in [0.3, 0.4) is 0 Å². The van der Waals surface area contributed by atoms with Crippen molar-refractivity contribution >= 4 is 28.2 Å². The van der Waals surface area contributed by atoms with Gasteiger partial charge in [-0.05, 0) is 18.9 Å². The first kappa shape index (κ1) is 14.3. The van der Waals surface area contributed by atoms with Gasteiger partial charge in [0.15, 0.2) is 5.13 Å². The first-order valence-corrected chi connectivity index (χ1v) is 7.19. The maximum Gasteiger partial charge on any atom is 0.265 e. The van der Waals surface area contributed by atoms with E-state index in [1.165, 1.54) is 22.5 Å². The fourth-order valence-electron chi connectivity index (χ4n) is 1.87. The number of carbonyl (C=O) groups is 1. The number of nitrogens with zero attached hydrogens (tertiary/aromatic N) is 1. The predicted molar refractivity (Wildman–Crippen MR) is 83.3 cm³/mol. The van der Waals surface area contributed by atoms with Crippen LogP contribution < -0.4 is 16.4 Å². The molecule has 1 aromatic carbocycles. The molecule has 0 aliphatic heterocycles. The van der Waals surface area contributed by atoms with E-state index in [1.807, 2.05) is 6.07 Å². The number of amides is 1. The molecule has 2 rings (SSSR count). The third kappa shape index (κ3) is 3.48. The maximum absolute atomic E-state index is 12.0. The van der Waals surface area contributed by atoms with Crippen molar-refractivity contribution in [3.63, 3.8) is 0 Å². The molecule has 1 heterocycles. The molecular formula is C14H18N4OS. The normalized spacial score (nSPS) is 10.3. The molecule has 2 aromatic rings. The first-order valence-electron chi connectivity index (χ1n) is 6.38. The van der Waals surface area contributed by atoms with Crippen LogP contribution in [0.2, 0.25) is 0 Å². The minimum Gasteiger partial charge on any atom is -0.382 e. The highest BCUT2D eigenvalue weighted by molar-refractivity contribution is 7.18. The van der Waals surface area contributed by atoms with Crippen molar-refractivity contribution in [3.05, 3.63) is 40.3 Å². The molecule has 1 amide bonds. The molecule has 0 bridgehead atoms. The minimum atomic E-state index is -0.172. The number of hydrogen-bond donors (Lipinski definition) is 3. The zero-order chi connectivity index (χ0) is 14.5. The van der Waals surface area contributed by atoms with Gasteiger partial charge in [-0.1, -0.05) is 41.2 Å². The summed E-state index contributed by atoms with van der Waals surface area (Å²) in [5.74, 6) is 0.0987. The van der Waals surface area contributed by atoms with E-state index in [0.29, 0.717) is 16.6 Å². The molecule has 0 radical (unpaired) electrons. The second-order valence-electron chi connectivity index (χ2n) is 4.48. The lowest BCUT2D eigenvalue weighted by atomic mass is 10.1. The predicted octanol–water partition coefficient (Wildman–Crippen LogP) is 2.05. The maximum atomic E-state index is 12.0. The molecule has 0 spiro atoms. The lowest BCUT2D eigenvalue weighted by Gasteiger charge is -2.05. The number of nitrogens with one attached hydrogen (secondary N) is 2. The average Bonchev–Trinajstić information content (AvgIpc) is 2.80. The lowest BCUT2D eigenvalue weighted by molar-refractivity contribution is 0.0959. The number of aromatic nitrogens is 1. The van der Waals surface area contributed by atoms with Crippen molar-refractivity contribution in [1.82, 2.24) is 10.3 Å². The third-order valence-corrected chi connectivity index (χ3v) is 3.94. The van der Waals surface area contributed by atoms with E-state index in [9.17, 15) is 4.79 Å². The largest absolute Gasteiger partial charge is 0.382 e. The number of benzene rings is 1. The molecular weight excluding hydrogens is 272 g/mol. The van der Waals surface area contributed by atoms with Crippen molar-refractivity contribution in [3.8, 4) is 0 Å². The molecule has 0 atom stereocenters. The average molecular weight is 290 g/mol. The summed E-state index contributed by atoms with van der Waals surface area (Å²) >= 11 is 1.26. The van der Waals surface area contributed by atoms with Crippen LogP contribution in [0.5, 0.6) is 0 Å². The molecule has 4 N–H and O–H groups in total. The van der Waals surface area contributed by atoms with Gasteiger partial charge in [0, 0.05) is 13.6 Å². The van der Waals surface area contributed by atoms with Gasteiger partial charge < -0.3 is 16.4 Å². The summed E-state index contributed by atoms with van der Waals surface area (Å²) in [6.07, 6.45) is 0.797. The van der Waals surface area contributed by atoms with E-state index >= 15 is 0 Å². The number of hydrogen-bond acceptors (Lipinski definition) is 5. The van der Waals surface area contributed by atoms with Crippen LogP contribution in [-0.2, 0) is 6.42 Å². The standard InChI is InChI=1S/C14H18N4OS/c1-9-4-3-5-10(8-9)6-7-17-13(19)11-12(15)18-14(16-2)20-11/h3-5,8H,6-7,15H2,1-2H3,(H,16,18)(H,17,19). The van der Waals surface area contributed by atoms with Gasteiger partial charge in [0.2, 0.25) is 0 Å². The van der Waals surface area contributed by atoms with Gasteiger partial charge in [-0.25, -0.2) is 4.98 Å². The molecule has 0 unspecified atom stereocenters. The summed E-state index contributed by atoms with van der Waals surface area (Å²) in [6.45, 7) is 2.63. The summed E-state index contributed by atoms with van der Waals surface area (Å²) in [6, 6.07) is 8.25. The Balaban J connectivity index is 1.90. The topological polar surface area (TPSA) is 80.0 Å².